The second-order valence-electron chi connectivity index (χ2n) is 4.83. The summed E-state index contributed by atoms with van der Waals surface area (Å²) in [5.41, 5.74) is -0.355. The van der Waals surface area contributed by atoms with E-state index in [9.17, 15) is 9.59 Å². The van der Waals surface area contributed by atoms with Gasteiger partial charge in [0.05, 0.1) is 31.7 Å². The van der Waals surface area contributed by atoms with Gasteiger partial charge in [0.25, 0.3) is 0 Å². The van der Waals surface area contributed by atoms with Gasteiger partial charge in [0.1, 0.15) is 11.6 Å². The van der Waals surface area contributed by atoms with Crippen molar-refractivity contribution in [2.24, 2.45) is 11.3 Å². The highest BCUT2D eigenvalue weighted by Gasteiger charge is 2.51. The normalized spacial score (nSPS) is 33.4. The summed E-state index contributed by atoms with van der Waals surface area (Å²) in [7, 11) is 1.62. The van der Waals surface area contributed by atoms with Crippen LogP contribution in [-0.2, 0) is 19.1 Å². The van der Waals surface area contributed by atoms with Gasteiger partial charge in [-0.2, -0.15) is 0 Å². The number of Topliss-reactive ketones (excluding diaryl/α,β-unsaturated/α-hetero) is 2. The van der Waals surface area contributed by atoms with E-state index in [1.165, 1.54) is 0 Å². The van der Waals surface area contributed by atoms with E-state index in [-0.39, 0.29) is 29.3 Å². The molecule has 0 N–H and O–H groups in total. The van der Waals surface area contributed by atoms with Crippen LogP contribution >= 0.6 is 0 Å². The minimum Gasteiger partial charge on any atom is -0.382 e. The third kappa shape index (κ3) is 2.04. The van der Waals surface area contributed by atoms with Crippen molar-refractivity contribution in [3.8, 4) is 0 Å². The van der Waals surface area contributed by atoms with E-state index < -0.39 is 0 Å². The van der Waals surface area contributed by atoms with Crippen LogP contribution in [0.3, 0.4) is 0 Å². The van der Waals surface area contributed by atoms with Crippen LogP contribution in [0, 0.1) is 11.3 Å². The molecule has 2 rings (SSSR count). The lowest BCUT2D eigenvalue weighted by Crippen LogP contribution is -2.39. The van der Waals surface area contributed by atoms with Crippen LogP contribution in [0.1, 0.15) is 25.7 Å². The van der Waals surface area contributed by atoms with Crippen molar-refractivity contribution in [1.29, 1.82) is 0 Å². The minimum absolute atomic E-state index is 0.0867. The predicted octanol–water partition coefficient (Wildman–Crippen LogP) is 0.978. The molecule has 90 valence electrons. The van der Waals surface area contributed by atoms with Crippen molar-refractivity contribution in [1.82, 2.24) is 0 Å². The maximum Gasteiger partial charge on any atom is 0.148 e. The number of ketones is 2. The summed E-state index contributed by atoms with van der Waals surface area (Å²) < 4.78 is 10.4. The number of hydrogen-bond acceptors (Lipinski definition) is 4. The van der Waals surface area contributed by atoms with Gasteiger partial charge < -0.3 is 9.47 Å². The van der Waals surface area contributed by atoms with Gasteiger partial charge in [0.15, 0.2) is 0 Å². The number of rotatable bonds is 5. The third-order valence-electron chi connectivity index (χ3n) is 3.80. The maximum absolute atomic E-state index is 11.9. The summed E-state index contributed by atoms with van der Waals surface area (Å²) in [4.78, 5) is 23.4. The van der Waals surface area contributed by atoms with Crippen molar-refractivity contribution < 1.29 is 19.1 Å². The average molecular weight is 226 g/mol. The average Bonchev–Trinajstić information content (AvgIpc) is 2.65. The van der Waals surface area contributed by atoms with Crippen LogP contribution in [0.15, 0.2) is 0 Å². The molecule has 4 nitrogen and oxygen atoms in total. The fraction of sp³-hybridized carbons (Fsp3) is 0.833. The number of carbonyl (C=O) groups excluding carboxylic acids is 2. The highest BCUT2D eigenvalue weighted by molar-refractivity contribution is 6.06. The molecular formula is C12H18O4. The zero-order valence-electron chi connectivity index (χ0n) is 9.66. The Bertz CT molecular complexity index is 299. The molecule has 0 heterocycles. The molecule has 2 unspecified atom stereocenters. The second kappa shape index (κ2) is 4.63. The van der Waals surface area contributed by atoms with Gasteiger partial charge in [-0.15, -0.1) is 0 Å². The number of fused-ring (bicyclic) bond motifs is 2. The Morgan fingerprint density at radius 1 is 1.38 bits per heavy atom. The van der Waals surface area contributed by atoms with Gasteiger partial charge >= 0.3 is 0 Å². The number of carbonyl (C=O) groups is 2. The molecule has 0 amide bonds. The van der Waals surface area contributed by atoms with Crippen LogP contribution in [-0.4, -0.2) is 38.5 Å². The van der Waals surface area contributed by atoms with Gasteiger partial charge in [0, 0.05) is 13.0 Å². The Labute approximate surface area is 95.3 Å². The lowest BCUT2D eigenvalue weighted by molar-refractivity contribution is -0.141. The lowest BCUT2D eigenvalue weighted by Gasteiger charge is -2.30. The third-order valence-corrected chi connectivity index (χ3v) is 3.80. The van der Waals surface area contributed by atoms with Gasteiger partial charge in [-0.05, 0) is 19.3 Å². The first-order valence-corrected chi connectivity index (χ1v) is 5.81. The summed E-state index contributed by atoms with van der Waals surface area (Å²) in [6.45, 7) is 1.52. The highest BCUT2D eigenvalue weighted by atomic mass is 16.5. The molecule has 0 spiro atoms. The zero-order chi connectivity index (χ0) is 11.6. The smallest absolute Gasteiger partial charge is 0.148 e. The Morgan fingerprint density at radius 3 is 2.94 bits per heavy atom. The van der Waals surface area contributed by atoms with E-state index in [2.05, 4.69) is 0 Å². The molecule has 2 aliphatic carbocycles. The fourth-order valence-electron chi connectivity index (χ4n) is 2.77. The lowest BCUT2D eigenvalue weighted by atomic mass is 9.75. The van der Waals surface area contributed by atoms with Crippen molar-refractivity contribution in [3.05, 3.63) is 0 Å². The summed E-state index contributed by atoms with van der Waals surface area (Å²) in [6, 6.07) is 0. The van der Waals surface area contributed by atoms with E-state index in [1.54, 1.807) is 7.11 Å². The first-order valence-electron chi connectivity index (χ1n) is 5.81. The Hall–Kier alpha value is -0.740. The number of ether oxygens (including phenoxy) is 2. The van der Waals surface area contributed by atoms with Crippen molar-refractivity contribution in [2.45, 2.75) is 25.7 Å². The number of methoxy groups -OCH3 is 1. The van der Waals surface area contributed by atoms with Crippen LogP contribution in [0.4, 0.5) is 0 Å². The zero-order valence-corrected chi connectivity index (χ0v) is 9.66. The molecule has 2 saturated carbocycles. The molecule has 0 aromatic carbocycles. The van der Waals surface area contributed by atoms with Crippen LogP contribution in [0.2, 0.25) is 0 Å². The molecule has 4 heteroatoms. The summed E-state index contributed by atoms with van der Waals surface area (Å²) >= 11 is 0. The minimum atomic E-state index is -0.355. The van der Waals surface area contributed by atoms with Crippen molar-refractivity contribution >= 4 is 11.6 Å². The summed E-state index contributed by atoms with van der Waals surface area (Å²) in [5.74, 6) is 0.336. The van der Waals surface area contributed by atoms with Crippen LogP contribution < -0.4 is 0 Å². The van der Waals surface area contributed by atoms with Crippen LogP contribution in [0.25, 0.3) is 0 Å². The standard InChI is InChI=1S/C12H18O4/c1-15-4-5-16-8-12-3-2-9(7-12)10(13)6-11(12)14/h9H,2-8H2,1H3. The molecule has 16 heavy (non-hydrogen) atoms. The van der Waals surface area contributed by atoms with Gasteiger partial charge in [-0.25, -0.2) is 0 Å². The molecule has 0 aromatic heterocycles. The van der Waals surface area contributed by atoms with E-state index in [0.29, 0.717) is 26.2 Å². The SMILES string of the molecule is COCCOCC12CCC(C1)C(=O)CC2=O. The van der Waals surface area contributed by atoms with Crippen molar-refractivity contribution in [3.63, 3.8) is 0 Å². The maximum atomic E-state index is 11.9. The van der Waals surface area contributed by atoms with E-state index in [0.717, 1.165) is 12.8 Å². The largest absolute Gasteiger partial charge is 0.382 e. The molecule has 0 saturated heterocycles. The first kappa shape index (κ1) is 11.7. The molecular weight excluding hydrogens is 208 g/mol. The predicted molar refractivity (Wildman–Crippen MR) is 57.1 cm³/mol. The van der Waals surface area contributed by atoms with E-state index >= 15 is 0 Å². The molecule has 2 aliphatic rings. The molecule has 0 radical (unpaired) electrons. The molecule has 2 atom stereocenters. The Balaban J connectivity index is 1.92. The topological polar surface area (TPSA) is 52.6 Å². The highest BCUT2D eigenvalue weighted by Crippen LogP contribution is 2.47. The van der Waals surface area contributed by atoms with Gasteiger partial charge in [-0.3, -0.25) is 9.59 Å². The molecule has 2 fully saturated rings. The van der Waals surface area contributed by atoms with Crippen molar-refractivity contribution in [2.75, 3.05) is 26.9 Å². The molecule has 0 aromatic rings. The summed E-state index contributed by atoms with van der Waals surface area (Å²) in [5, 5.41) is 0. The molecule has 0 aliphatic heterocycles. The Morgan fingerprint density at radius 2 is 2.19 bits per heavy atom. The van der Waals surface area contributed by atoms with E-state index in [1.807, 2.05) is 0 Å². The second-order valence-corrected chi connectivity index (χ2v) is 4.83. The monoisotopic (exact) mass is 226 g/mol. The summed E-state index contributed by atoms with van der Waals surface area (Å²) in [6.07, 6.45) is 2.50. The fourth-order valence-corrected chi connectivity index (χ4v) is 2.77. The van der Waals surface area contributed by atoms with E-state index in [4.69, 9.17) is 9.47 Å². The number of hydrogen-bond donors (Lipinski definition) is 0. The van der Waals surface area contributed by atoms with Crippen LogP contribution in [0.5, 0.6) is 0 Å². The molecule has 2 bridgehead atoms. The first-order chi connectivity index (χ1) is 7.68. The van der Waals surface area contributed by atoms with Gasteiger partial charge in [-0.1, -0.05) is 0 Å². The Kier molecular flexibility index (Phi) is 3.40. The quantitative estimate of drug-likeness (QED) is 0.518. The van der Waals surface area contributed by atoms with Gasteiger partial charge in [0.2, 0.25) is 0 Å².